The van der Waals surface area contributed by atoms with Gasteiger partial charge in [0, 0.05) is 12.7 Å². The van der Waals surface area contributed by atoms with Crippen LogP contribution in [0.25, 0.3) is 0 Å². The van der Waals surface area contributed by atoms with E-state index in [1.54, 1.807) is 17.1 Å². The minimum Gasteiger partial charge on any atom is -0.383 e. The van der Waals surface area contributed by atoms with Crippen molar-refractivity contribution in [1.82, 2.24) is 19.6 Å². The zero-order valence-corrected chi connectivity index (χ0v) is 9.85. The highest BCUT2D eigenvalue weighted by atomic mass is 35.5. The SMILES string of the molecule is CCCn1nccc1Cn1ncc(Cl)c1N. The fourth-order valence-corrected chi connectivity index (χ4v) is 1.70. The van der Waals surface area contributed by atoms with Gasteiger partial charge in [0.15, 0.2) is 0 Å². The Morgan fingerprint density at radius 1 is 1.38 bits per heavy atom. The van der Waals surface area contributed by atoms with Gasteiger partial charge in [-0.3, -0.25) is 4.68 Å². The summed E-state index contributed by atoms with van der Waals surface area (Å²) in [4.78, 5) is 0. The number of nitrogens with zero attached hydrogens (tertiary/aromatic N) is 4. The highest BCUT2D eigenvalue weighted by Gasteiger charge is 2.08. The average Bonchev–Trinajstić information content (AvgIpc) is 2.82. The second-order valence-electron chi connectivity index (χ2n) is 3.58. The Balaban J connectivity index is 2.20. The van der Waals surface area contributed by atoms with Gasteiger partial charge in [-0.25, -0.2) is 4.68 Å². The van der Waals surface area contributed by atoms with E-state index in [0.29, 0.717) is 17.4 Å². The number of hydrogen-bond acceptors (Lipinski definition) is 3. The third-order valence-corrected chi connectivity index (χ3v) is 2.68. The molecule has 86 valence electrons. The summed E-state index contributed by atoms with van der Waals surface area (Å²) in [6, 6.07) is 1.96. The van der Waals surface area contributed by atoms with Crippen LogP contribution in [0.5, 0.6) is 0 Å². The molecule has 2 rings (SSSR count). The second-order valence-corrected chi connectivity index (χ2v) is 3.99. The smallest absolute Gasteiger partial charge is 0.141 e. The van der Waals surface area contributed by atoms with Crippen molar-refractivity contribution in [3.63, 3.8) is 0 Å². The summed E-state index contributed by atoms with van der Waals surface area (Å²) in [6.45, 7) is 3.61. The highest BCUT2D eigenvalue weighted by molar-refractivity contribution is 6.32. The molecule has 0 aromatic carbocycles. The van der Waals surface area contributed by atoms with E-state index in [1.807, 2.05) is 10.7 Å². The van der Waals surface area contributed by atoms with Gasteiger partial charge >= 0.3 is 0 Å². The lowest BCUT2D eigenvalue weighted by atomic mass is 10.4. The first-order chi connectivity index (χ1) is 7.72. The molecule has 0 bridgehead atoms. The maximum Gasteiger partial charge on any atom is 0.141 e. The van der Waals surface area contributed by atoms with Gasteiger partial charge < -0.3 is 5.73 Å². The van der Waals surface area contributed by atoms with E-state index < -0.39 is 0 Å². The van der Waals surface area contributed by atoms with Crippen molar-refractivity contribution in [3.8, 4) is 0 Å². The van der Waals surface area contributed by atoms with Gasteiger partial charge in [-0.05, 0) is 12.5 Å². The molecule has 2 aromatic heterocycles. The standard InChI is InChI=1S/C10H14ClN5/c1-2-5-15-8(3-4-13-15)7-16-10(12)9(11)6-14-16/h3-4,6H,2,5,7,12H2,1H3. The molecule has 0 unspecified atom stereocenters. The van der Waals surface area contributed by atoms with Gasteiger partial charge in [-0.1, -0.05) is 18.5 Å². The number of rotatable bonds is 4. The Kier molecular flexibility index (Phi) is 3.14. The number of nitrogen functional groups attached to an aromatic ring is 1. The molecule has 0 spiro atoms. The predicted molar refractivity (Wildman–Crippen MR) is 63.3 cm³/mol. The molecular weight excluding hydrogens is 226 g/mol. The summed E-state index contributed by atoms with van der Waals surface area (Å²) in [6.07, 6.45) is 4.38. The third kappa shape index (κ3) is 2.04. The maximum atomic E-state index is 5.84. The fraction of sp³-hybridized carbons (Fsp3) is 0.400. The molecule has 0 fully saturated rings. The molecule has 0 saturated heterocycles. The van der Waals surface area contributed by atoms with E-state index in [0.717, 1.165) is 18.7 Å². The molecule has 0 amide bonds. The summed E-state index contributed by atoms with van der Waals surface area (Å²) in [5.74, 6) is 0.492. The van der Waals surface area contributed by atoms with Crippen molar-refractivity contribution < 1.29 is 0 Å². The molecule has 5 nitrogen and oxygen atoms in total. The lowest BCUT2D eigenvalue weighted by Crippen LogP contribution is -2.11. The molecule has 6 heteroatoms. The van der Waals surface area contributed by atoms with Crippen LogP contribution in [0.2, 0.25) is 5.02 Å². The highest BCUT2D eigenvalue weighted by Crippen LogP contribution is 2.18. The van der Waals surface area contributed by atoms with Crippen molar-refractivity contribution >= 4 is 17.4 Å². The lowest BCUT2D eigenvalue weighted by molar-refractivity contribution is 0.549. The van der Waals surface area contributed by atoms with Crippen molar-refractivity contribution in [2.24, 2.45) is 0 Å². The van der Waals surface area contributed by atoms with Crippen LogP contribution in [0.1, 0.15) is 19.0 Å². The average molecular weight is 240 g/mol. The monoisotopic (exact) mass is 239 g/mol. The van der Waals surface area contributed by atoms with Crippen molar-refractivity contribution in [3.05, 3.63) is 29.2 Å². The molecule has 0 aliphatic carbocycles. The fourth-order valence-electron chi connectivity index (χ4n) is 1.56. The Hall–Kier alpha value is -1.49. The first kappa shape index (κ1) is 11.0. The Labute approximate surface area is 98.8 Å². The lowest BCUT2D eigenvalue weighted by Gasteiger charge is -2.07. The van der Waals surface area contributed by atoms with E-state index in [1.165, 1.54) is 0 Å². The molecule has 0 radical (unpaired) electrons. The van der Waals surface area contributed by atoms with Crippen molar-refractivity contribution in [1.29, 1.82) is 0 Å². The van der Waals surface area contributed by atoms with Crippen LogP contribution < -0.4 is 5.73 Å². The minimum atomic E-state index is 0.488. The largest absolute Gasteiger partial charge is 0.383 e. The van der Waals surface area contributed by atoms with E-state index >= 15 is 0 Å². The quantitative estimate of drug-likeness (QED) is 0.885. The number of aromatic nitrogens is 4. The van der Waals surface area contributed by atoms with Crippen LogP contribution >= 0.6 is 11.6 Å². The molecule has 2 heterocycles. The Bertz CT molecular complexity index is 473. The summed E-state index contributed by atoms with van der Waals surface area (Å²) >= 11 is 5.84. The summed E-state index contributed by atoms with van der Waals surface area (Å²) in [7, 11) is 0. The number of nitrogens with two attached hydrogens (primary N) is 1. The molecule has 16 heavy (non-hydrogen) atoms. The molecule has 0 atom stereocenters. The zero-order chi connectivity index (χ0) is 11.5. The Morgan fingerprint density at radius 3 is 2.81 bits per heavy atom. The first-order valence-corrected chi connectivity index (χ1v) is 5.57. The van der Waals surface area contributed by atoms with E-state index in [-0.39, 0.29) is 0 Å². The molecule has 0 aliphatic rings. The molecule has 0 aliphatic heterocycles. The third-order valence-electron chi connectivity index (χ3n) is 2.38. The number of hydrogen-bond donors (Lipinski definition) is 1. The summed E-state index contributed by atoms with van der Waals surface area (Å²) in [5.41, 5.74) is 6.86. The van der Waals surface area contributed by atoms with Crippen LogP contribution in [-0.4, -0.2) is 19.6 Å². The maximum absolute atomic E-state index is 5.84. The van der Waals surface area contributed by atoms with E-state index in [9.17, 15) is 0 Å². The predicted octanol–water partition coefficient (Wildman–Crippen LogP) is 1.77. The van der Waals surface area contributed by atoms with Gasteiger partial charge in [0.05, 0.1) is 18.4 Å². The number of halogens is 1. The molecule has 0 saturated carbocycles. The van der Waals surface area contributed by atoms with Crippen LogP contribution in [0.4, 0.5) is 5.82 Å². The van der Waals surface area contributed by atoms with E-state index in [4.69, 9.17) is 17.3 Å². The van der Waals surface area contributed by atoms with Gasteiger partial charge in [-0.2, -0.15) is 10.2 Å². The van der Waals surface area contributed by atoms with Gasteiger partial charge in [0.2, 0.25) is 0 Å². The van der Waals surface area contributed by atoms with E-state index in [2.05, 4.69) is 17.1 Å². The number of anilines is 1. The Morgan fingerprint density at radius 2 is 2.19 bits per heavy atom. The van der Waals surface area contributed by atoms with Crippen LogP contribution in [0, 0.1) is 0 Å². The number of aryl methyl sites for hydroxylation is 1. The van der Waals surface area contributed by atoms with Crippen LogP contribution in [0.3, 0.4) is 0 Å². The normalized spacial score (nSPS) is 10.9. The topological polar surface area (TPSA) is 61.7 Å². The van der Waals surface area contributed by atoms with Crippen LogP contribution in [0.15, 0.2) is 18.5 Å². The minimum absolute atomic E-state index is 0.488. The first-order valence-electron chi connectivity index (χ1n) is 5.20. The van der Waals surface area contributed by atoms with Crippen molar-refractivity contribution in [2.45, 2.75) is 26.4 Å². The zero-order valence-electron chi connectivity index (χ0n) is 9.10. The van der Waals surface area contributed by atoms with Crippen LogP contribution in [-0.2, 0) is 13.1 Å². The van der Waals surface area contributed by atoms with Gasteiger partial charge in [0.25, 0.3) is 0 Å². The summed E-state index contributed by atoms with van der Waals surface area (Å²) < 4.78 is 3.63. The summed E-state index contributed by atoms with van der Waals surface area (Å²) in [5, 5.41) is 8.84. The molecular formula is C10H14ClN5. The van der Waals surface area contributed by atoms with Gasteiger partial charge in [0.1, 0.15) is 10.8 Å². The molecule has 2 N–H and O–H groups in total. The second kappa shape index (κ2) is 4.57. The van der Waals surface area contributed by atoms with Crippen molar-refractivity contribution in [2.75, 3.05) is 5.73 Å². The van der Waals surface area contributed by atoms with Gasteiger partial charge in [-0.15, -0.1) is 0 Å². The molecule has 2 aromatic rings.